The van der Waals surface area contributed by atoms with Gasteiger partial charge in [0.05, 0.1) is 6.61 Å². The summed E-state index contributed by atoms with van der Waals surface area (Å²) >= 11 is 0. The van der Waals surface area contributed by atoms with Gasteiger partial charge in [0.25, 0.3) is 0 Å². The number of aryl methyl sites for hydroxylation is 1. The van der Waals surface area contributed by atoms with Gasteiger partial charge in [0, 0.05) is 14.0 Å². The zero-order valence-corrected chi connectivity index (χ0v) is 9.86. The van der Waals surface area contributed by atoms with E-state index in [1.165, 1.54) is 12.5 Å². The quantitative estimate of drug-likeness (QED) is 0.726. The van der Waals surface area contributed by atoms with Crippen LogP contribution in [0.4, 0.5) is 0 Å². The monoisotopic (exact) mass is 212 g/mol. The summed E-state index contributed by atoms with van der Waals surface area (Å²) in [7, 11) is 1.00. The molecule has 0 unspecified atom stereocenters. The minimum Gasteiger partial charge on any atom is -0.466 e. The predicted octanol–water partition coefficient (Wildman–Crippen LogP) is 2.17. The molecule has 86 valence electrons. The van der Waals surface area contributed by atoms with Crippen molar-refractivity contribution in [2.45, 2.75) is 20.8 Å². The molecule has 1 N–H and O–H groups in total. The lowest BCUT2D eigenvalue weighted by Crippen LogP contribution is -1.95. The summed E-state index contributed by atoms with van der Waals surface area (Å²) < 4.78 is 4.40. The minimum atomic E-state index is -0.211. The third kappa shape index (κ3) is 15.4. The molecule has 0 aromatic heterocycles. The summed E-state index contributed by atoms with van der Waals surface area (Å²) in [5.41, 5.74) is 1.32. The molecule has 0 aliphatic carbocycles. The maximum Gasteiger partial charge on any atom is 0.302 e. The van der Waals surface area contributed by atoms with Gasteiger partial charge in [-0.15, -0.1) is 0 Å². The van der Waals surface area contributed by atoms with Crippen LogP contribution in [0.3, 0.4) is 0 Å². The van der Waals surface area contributed by atoms with Crippen molar-refractivity contribution >= 4 is 5.97 Å². The fourth-order valence-corrected chi connectivity index (χ4v) is 0.738. The van der Waals surface area contributed by atoms with Crippen molar-refractivity contribution in [2.75, 3.05) is 13.7 Å². The normalized spacial score (nSPS) is 7.53. The first kappa shape index (κ1) is 16.1. The molecule has 0 spiro atoms. The SMILES string of the molecule is CCOC(C)=O.CO.Cc1ccccc1. The lowest BCUT2D eigenvalue weighted by atomic mass is 10.2. The first-order valence-corrected chi connectivity index (χ1v) is 4.76. The third-order valence-electron chi connectivity index (χ3n) is 1.29. The van der Waals surface area contributed by atoms with Crippen LogP contribution >= 0.6 is 0 Å². The standard InChI is InChI=1S/C7H8.C4H8O2.CH4O/c1-7-5-3-2-4-6-7;1-3-6-4(2)5;1-2/h2-6H,1H3;3H2,1-2H3;2H,1H3. The van der Waals surface area contributed by atoms with E-state index in [4.69, 9.17) is 5.11 Å². The van der Waals surface area contributed by atoms with Crippen LogP contribution in [0, 0.1) is 6.92 Å². The Bertz CT molecular complexity index is 232. The highest BCUT2D eigenvalue weighted by molar-refractivity contribution is 5.65. The van der Waals surface area contributed by atoms with Crippen LogP contribution in [0.5, 0.6) is 0 Å². The summed E-state index contributed by atoms with van der Waals surface area (Å²) in [6.07, 6.45) is 0. The molecule has 0 bridgehead atoms. The Morgan fingerprint density at radius 2 is 1.73 bits per heavy atom. The van der Waals surface area contributed by atoms with Crippen molar-refractivity contribution in [1.29, 1.82) is 0 Å². The second-order valence-corrected chi connectivity index (χ2v) is 2.58. The van der Waals surface area contributed by atoms with Crippen molar-refractivity contribution in [2.24, 2.45) is 0 Å². The van der Waals surface area contributed by atoms with E-state index in [0.717, 1.165) is 7.11 Å². The maximum atomic E-state index is 9.82. The molecule has 3 heteroatoms. The molecule has 0 aliphatic heterocycles. The minimum absolute atomic E-state index is 0.211. The number of rotatable bonds is 1. The highest BCUT2D eigenvalue weighted by Gasteiger charge is 1.81. The second kappa shape index (κ2) is 12.7. The van der Waals surface area contributed by atoms with Crippen LogP contribution in [-0.4, -0.2) is 24.8 Å². The molecule has 0 radical (unpaired) electrons. The van der Waals surface area contributed by atoms with E-state index in [0.29, 0.717) is 6.61 Å². The lowest BCUT2D eigenvalue weighted by Gasteiger charge is -1.89. The molecule has 0 heterocycles. The Hall–Kier alpha value is -1.35. The van der Waals surface area contributed by atoms with E-state index >= 15 is 0 Å². The molecule has 0 fully saturated rings. The van der Waals surface area contributed by atoms with Gasteiger partial charge in [-0.25, -0.2) is 0 Å². The van der Waals surface area contributed by atoms with E-state index in [1.807, 2.05) is 18.2 Å². The van der Waals surface area contributed by atoms with Gasteiger partial charge in [0.1, 0.15) is 0 Å². The Balaban J connectivity index is 0. The molecule has 1 aromatic rings. The van der Waals surface area contributed by atoms with Crippen molar-refractivity contribution in [3.8, 4) is 0 Å². The smallest absolute Gasteiger partial charge is 0.302 e. The molecule has 3 nitrogen and oxygen atoms in total. The van der Waals surface area contributed by atoms with E-state index < -0.39 is 0 Å². The van der Waals surface area contributed by atoms with E-state index in [1.54, 1.807) is 6.92 Å². The predicted molar refractivity (Wildman–Crippen MR) is 61.6 cm³/mol. The summed E-state index contributed by atoms with van der Waals surface area (Å²) in [6.45, 7) is 5.74. The number of ether oxygens (including phenoxy) is 1. The maximum absolute atomic E-state index is 9.82. The van der Waals surface area contributed by atoms with Crippen molar-refractivity contribution in [3.63, 3.8) is 0 Å². The van der Waals surface area contributed by atoms with Crippen LogP contribution < -0.4 is 0 Å². The number of hydrogen-bond acceptors (Lipinski definition) is 3. The number of carbonyl (C=O) groups excluding carboxylic acids is 1. The van der Waals surface area contributed by atoms with Crippen LogP contribution in [0.1, 0.15) is 19.4 Å². The Labute approximate surface area is 91.7 Å². The lowest BCUT2D eigenvalue weighted by molar-refractivity contribution is -0.140. The molecular formula is C12H20O3. The first-order valence-electron chi connectivity index (χ1n) is 4.76. The average molecular weight is 212 g/mol. The fraction of sp³-hybridized carbons (Fsp3) is 0.417. The Kier molecular flexibility index (Phi) is 13.6. The second-order valence-electron chi connectivity index (χ2n) is 2.58. The highest BCUT2D eigenvalue weighted by atomic mass is 16.5. The number of benzene rings is 1. The van der Waals surface area contributed by atoms with Crippen LogP contribution in [0.15, 0.2) is 30.3 Å². The zero-order chi connectivity index (χ0) is 12.1. The largest absolute Gasteiger partial charge is 0.466 e. The van der Waals surface area contributed by atoms with Gasteiger partial charge in [0.2, 0.25) is 0 Å². The first-order chi connectivity index (χ1) is 7.16. The molecule has 0 saturated carbocycles. The number of aliphatic hydroxyl groups excluding tert-OH is 1. The van der Waals surface area contributed by atoms with Crippen LogP contribution in [0.2, 0.25) is 0 Å². The third-order valence-corrected chi connectivity index (χ3v) is 1.29. The van der Waals surface area contributed by atoms with E-state index in [2.05, 4.69) is 23.8 Å². The molecular weight excluding hydrogens is 192 g/mol. The number of hydrogen-bond donors (Lipinski definition) is 1. The summed E-state index contributed by atoms with van der Waals surface area (Å²) in [5.74, 6) is -0.211. The molecule has 0 saturated heterocycles. The number of aliphatic hydroxyl groups is 1. The Morgan fingerprint density at radius 3 is 1.87 bits per heavy atom. The number of carbonyl (C=O) groups is 1. The average Bonchev–Trinajstić information content (AvgIpc) is 2.22. The summed E-state index contributed by atoms with van der Waals surface area (Å²) in [6, 6.07) is 10.3. The fourth-order valence-electron chi connectivity index (χ4n) is 0.738. The van der Waals surface area contributed by atoms with Gasteiger partial charge < -0.3 is 9.84 Å². The van der Waals surface area contributed by atoms with Crippen LogP contribution in [0.25, 0.3) is 0 Å². The van der Waals surface area contributed by atoms with Crippen molar-refractivity contribution in [3.05, 3.63) is 35.9 Å². The van der Waals surface area contributed by atoms with Gasteiger partial charge in [-0.05, 0) is 13.8 Å². The molecule has 1 rings (SSSR count). The number of esters is 1. The molecule has 0 aliphatic rings. The Morgan fingerprint density at radius 1 is 1.27 bits per heavy atom. The van der Waals surface area contributed by atoms with Gasteiger partial charge in [-0.1, -0.05) is 35.9 Å². The van der Waals surface area contributed by atoms with E-state index in [-0.39, 0.29) is 5.97 Å². The summed E-state index contributed by atoms with van der Waals surface area (Å²) in [5, 5.41) is 7.00. The molecule has 15 heavy (non-hydrogen) atoms. The molecule has 0 amide bonds. The van der Waals surface area contributed by atoms with Gasteiger partial charge in [0.15, 0.2) is 0 Å². The van der Waals surface area contributed by atoms with Gasteiger partial charge in [-0.3, -0.25) is 4.79 Å². The van der Waals surface area contributed by atoms with E-state index in [9.17, 15) is 4.79 Å². The van der Waals surface area contributed by atoms with Gasteiger partial charge >= 0.3 is 5.97 Å². The van der Waals surface area contributed by atoms with Crippen molar-refractivity contribution < 1.29 is 14.6 Å². The molecule has 0 atom stereocenters. The van der Waals surface area contributed by atoms with Crippen LogP contribution in [-0.2, 0) is 9.53 Å². The molecule has 1 aromatic carbocycles. The highest BCUT2D eigenvalue weighted by Crippen LogP contribution is 1.92. The van der Waals surface area contributed by atoms with Crippen molar-refractivity contribution in [1.82, 2.24) is 0 Å². The topological polar surface area (TPSA) is 46.5 Å². The zero-order valence-electron chi connectivity index (χ0n) is 9.86. The van der Waals surface area contributed by atoms with Gasteiger partial charge in [-0.2, -0.15) is 0 Å². The summed E-state index contributed by atoms with van der Waals surface area (Å²) in [4.78, 5) is 9.82.